The average molecular weight is 268 g/mol. The molecule has 1 aliphatic rings. The van der Waals surface area contributed by atoms with E-state index in [4.69, 9.17) is 4.74 Å². The molecule has 0 saturated heterocycles. The zero-order chi connectivity index (χ0) is 15.0. The standard InChI is InChI=1S/C17H32O2/c1-11-13(16(2,3)4)9-12(15(18)19-8)10-14(11)17(5,6)7/h11-14H,9-10H2,1-8H3. The Morgan fingerprint density at radius 2 is 1.32 bits per heavy atom. The molecule has 2 nitrogen and oxygen atoms in total. The van der Waals surface area contributed by atoms with E-state index in [2.05, 4.69) is 48.5 Å². The van der Waals surface area contributed by atoms with Crippen molar-refractivity contribution >= 4 is 5.97 Å². The van der Waals surface area contributed by atoms with E-state index in [1.165, 1.54) is 7.11 Å². The number of hydrogen-bond acceptors (Lipinski definition) is 2. The molecule has 112 valence electrons. The summed E-state index contributed by atoms with van der Waals surface area (Å²) in [4.78, 5) is 12.0. The first-order valence-corrected chi connectivity index (χ1v) is 7.56. The van der Waals surface area contributed by atoms with Crippen molar-refractivity contribution in [3.8, 4) is 0 Å². The predicted octanol–water partition coefficient (Wildman–Crippen LogP) is 4.53. The van der Waals surface area contributed by atoms with Crippen LogP contribution in [0.5, 0.6) is 0 Å². The Bertz CT molecular complexity index is 295. The first kappa shape index (κ1) is 16.5. The van der Waals surface area contributed by atoms with E-state index < -0.39 is 0 Å². The van der Waals surface area contributed by atoms with Gasteiger partial charge in [-0.25, -0.2) is 0 Å². The summed E-state index contributed by atoms with van der Waals surface area (Å²) in [5, 5.41) is 0. The molecular weight excluding hydrogens is 236 g/mol. The highest BCUT2D eigenvalue weighted by Gasteiger charge is 2.46. The second kappa shape index (κ2) is 5.46. The molecule has 19 heavy (non-hydrogen) atoms. The van der Waals surface area contributed by atoms with Crippen molar-refractivity contribution in [2.75, 3.05) is 7.11 Å². The first-order valence-electron chi connectivity index (χ1n) is 7.56. The maximum absolute atomic E-state index is 12.0. The van der Waals surface area contributed by atoms with Gasteiger partial charge in [-0.1, -0.05) is 48.5 Å². The Hall–Kier alpha value is -0.530. The topological polar surface area (TPSA) is 26.3 Å². The zero-order valence-corrected chi connectivity index (χ0v) is 14.0. The molecule has 1 saturated carbocycles. The molecule has 0 aliphatic heterocycles. The molecule has 0 aromatic carbocycles. The van der Waals surface area contributed by atoms with Gasteiger partial charge in [0.25, 0.3) is 0 Å². The highest BCUT2D eigenvalue weighted by Crippen LogP contribution is 2.51. The number of methoxy groups -OCH3 is 1. The van der Waals surface area contributed by atoms with E-state index in [1.54, 1.807) is 0 Å². The van der Waals surface area contributed by atoms with Gasteiger partial charge in [-0.2, -0.15) is 0 Å². The molecule has 0 N–H and O–H groups in total. The Morgan fingerprint density at radius 1 is 0.947 bits per heavy atom. The van der Waals surface area contributed by atoms with E-state index in [9.17, 15) is 4.79 Å². The number of hydrogen-bond donors (Lipinski definition) is 0. The molecule has 1 fully saturated rings. The SMILES string of the molecule is COC(=O)C1CC(C(C)(C)C)C(C)C(C(C)(C)C)C1. The Morgan fingerprint density at radius 3 is 1.58 bits per heavy atom. The Balaban J connectivity index is 3.04. The van der Waals surface area contributed by atoms with Gasteiger partial charge in [0.15, 0.2) is 0 Å². The first-order chi connectivity index (χ1) is 8.48. The van der Waals surface area contributed by atoms with Gasteiger partial charge in [0.2, 0.25) is 0 Å². The van der Waals surface area contributed by atoms with Gasteiger partial charge < -0.3 is 4.74 Å². The van der Waals surface area contributed by atoms with Gasteiger partial charge in [-0.15, -0.1) is 0 Å². The molecule has 0 aromatic heterocycles. The fraction of sp³-hybridized carbons (Fsp3) is 0.941. The van der Waals surface area contributed by atoms with Crippen LogP contribution < -0.4 is 0 Å². The summed E-state index contributed by atoms with van der Waals surface area (Å²) in [6.07, 6.45) is 1.95. The minimum Gasteiger partial charge on any atom is -0.469 e. The summed E-state index contributed by atoms with van der Waals surface area (Å²) < 4.78 is 5.01. The summed E-state index contributed by atoms with van der Waals surface area (Å²) in [7, 11) is 1.51. The minimum atomic E-state index is -0.0181. The quantitative estimate of drug-likeness (QED) is 0.653. The monoisotopic (exact) mass is 268 g/mol. The molecular formula is C17H32O2. The van der Waals surface area contributed by atoms with Crippen LogP contribution in [-0.4, -0.2) is 13.1 Å². The van der Waals surface area contributed by atoms with Crippen molar-refractivity contribution in [2.24, 2.45) is 34.5 Å². The van der Waals surface area contributed by atoms with Crippen molar-refractivity contribution < 1.29 is 9.53 Å². The fourth-order valence-corrected chi connectivity index (χ4v) is 4.06. The molecule has 2 atom stereocenters. The lowest BCUT2D eigenvalue weighted by Crippen LogP contribution is -2.44. The molecule has 0 heterocycles. The van der Waals surface area contributed by atoms with Crippen molar-refractivity contribution in [3.05, 3.63) is 0 Å². The van der Waals surface area contributed by atoms with Crippen LogP contribution >= 0.6 is 0 Å². The Labute approximate surface area is 119 Å². The number of rotatable bonds is 1. The van der Waals surface area contributed by atoms with Gasteiger partial charge >= 0.3 is 5.97 Å². The van der Waals surface area contributed by atoms with Crippen LogP contribution in [0.2, 0.25) is 0 Å². The van der Waals surface area contributed by atoms with Gasteiger partial charge in [-0.05, 0) is 41.4 Å². The highest BCUT2D eigenvalue weighted by molar-refractivity contribution is 5.72. The normalized spacial score (nSPS) is 33.1. The third kappa shape index (κ3) is 3.73. The summed E-state index contributed by atoms with van der Waals surface area (Å²) >= 11 is 0. The molecule has 0 spiro atoms. The van der Waals surface area contributed by atoms with Gasteiger partial charge in [0.1, 0.15) is 0 Å². The predicted molar refractivity (Wildman–Crippen MR) is 79.8 cm³/mol. The van der Waals surface area contributed by atoms with Crippen molar-refractivity contribution in [1.29, 1.82) is 0 Å². The summed E-state index contributed by atoms with van der Waals surface area (Å²) in [5.41, 5.74) is 0.491. The van der Waals surface area contributed by atoms with Crippen LogP contribution in [-0.2, 0) is 9.53 Å². The van der Waals surface area contributed by atoms with E-state index in [1.807, 2.05) is 0 Å². The molecule has 0 bridgehead atoms. The van der Waals surface area contributed by atoms with Crippen LogP contribution in [0.3, 0.4) is 0 Å². The number of esters is 1. The van der Waals surface area contributed by atoms with E-state index >= 15 is 0 Å². The molecule has 0 aromatic rings. The lowest BCUT2D eigenvalue weighted by molar-refractivity contribution is -0.151. The highest BCUT2D eigenvalue weighted by atomic mass is 16.5. The maximum atomic E-state index is 12.0. The molecule has 1 rings (SSSR count). The van der Waals surface area contributed by atoms with Crippen molar-refractivity contribution in [2.45, 2.75) is 61.3 Å². The number of carbonyl (C=O) groups is 1. The molecule has 1 aliphatic carbocycles. The van der Waals surface area contributed by atoms with Gasteiger partial charge in [-0.3, -0.25) is 4.79 Å². The maximum Gasteiger partial charge on any atom is 0.308 e. The molecule has 0 radical (unpaired) electrons. The van der Waals surface area contributed by atoms with Crippen LogP contribution in [0.15, 0.2) is 0 Å². The number of carbonyl (C=O) groups excluding carboxylic acids is 1. The molecule has 0 amide bonds. The van der Waals surface area contributed by atoms with Gasteiger partial charge in [0.05, 0.1) is 13.0 Å². The third-order valence-electron chi connectivity index (χ3n) is 5.11. The fourth-order valence-electron chi connectivity index (χ4n) is 4.06. The third-order valence-corrected chi connectivity index (χ3v) is 5.11. The lowest BCUT2D eigenvalue weighted by Gasteiger charge is -2.49. The van der Waals surface area contributed by atoms with Crippen molar-refractivity contribution in [3.63, 3.8) is 0 Å². The lowest BCUT2D eigenvalue weighted by atomic mass is 9.55. The molecule has 2 unspecified atom stereocenters. The van der Waals surface area contributed by atoms with Crippen LogP contribution in [0, 0.1) is 34.5 Å². The minimum absolute atomic E-state index is 0.0181. The second-order valence-electron chi connectivity index (χ2n) is 8.50. The average Bonchev–Trinajstić information content (AvgIpc) is 2.25. The van der Waals surface area contributed by atoms with Crippen LogP contribution in [0.25, 0.3) is 0 Å². The van der Waals surface area contributed by atoms with E-state index in [-0.39, 0.29) is 22.7 Å². The zero-order valence-electron chi connectivity index (χ0n) is 14.0. The Kier molecular flexibility index (Phi) is 4.75. The van der Waals surface area contributed by atoms with E-state index in [0.717, 1.165) is 12.8 Å². The summed E-state index contributed by atoms with van der Waals surface area (Å²) in [6.45, 7) is 16.2. The molecule has 2 heteroatoms. The smallest absolute Gasteiger partial charge is 0.308 e. The van der Waals surface area contributed by atoms with E-state index in [0.29, 0.717) is 17.8 Å². The van der Waals surface area contributed by atoms with Gasteiger partial charge in [0, 0.05) is 0 Å². The second-order valence-corrected chi connectivity index (χ2v) is 8.50. The van der Waals surface area contributed by atoms with Crippen molar-refractivity contribution in [1.82, 2.24) is 0 Å². The van der Waals surface area contributed by atoms with Crippen LogP contribution in [0.1, 0.15) is 61.3 Å². The van der Waals surface area contributed by atoms with Crippen LogP contribution in [0.4, 0.5) is 0 Å². The summed E-state index contributed by atoms with van der Waals surface area (Å²) in [5.74, 6) is 1.87. The summed E-state index contributed by atoms with van der Waals surface area (Å²) in [6, 6.07) is 0. The largest absolute Gasteiger partial charge is 0.469 e. The number of ether oxygens (including phenoxy) is 1.